The first-order chi connectivity index (χ1) is 22.0. The Balaban J connectivity index is 1.81. The lowest BCUT2D eigenvalue weighted by molar-refractivity contribution is -0.140. The zero-order chi connectivity index (χ0) is 33.3. The fourth-order valence-electron chi connectivity index (χ4n) is 5.04. The molecule has 2 amide bonds. The van der Waals surface area contributed by atoms with Crippen LogP contribution in [0.2, 0.25) is 0 Å². The van der Waals surface area contributed by atoms with Gasteiger partial charge in [-0.3, -0.25) is 13.9 Å². The molecule has 4 rings (SSSR count). The van der Waals surface area contributed by atoms with Gasteiger partial charge in [-0.25, -0.2) is 8.42 Å². The lowest BCUT2D eigenvalue weighted by atomic mass is 10.0. The highest BCUT2D eigenvalue weighted by molar-refractivity contribution is 7.92. The van der Waals surface area contributed by atoms with Crippen LogP contribution >= 0.6 is 0 Å². The van der Waals surface area contributed by atoms with Crippen molar-refractivity contribution < 1.29 is 22.7 Å². The van der Waals surface area contributed by atoms with Gasteiger partial charge in [-0.05, 0) is 74.7 Å². The lowest BCUT2D eigenvalue weighted by Gasteiger charge is -2.34. The van der Waals surface area contributed by atoms with Crippen LogP contribution < -0.4 is 14.4 Å². The van der Waals surface area contributed by atoms with E-state index in [1.165, 1.54) is 4.90 Å². The van der Waals surface area contributed by atoms with E-state index in [1.807, 2.05) is 88.4 Å². The third-order valence-electron chi connectivity index (χ3n) is 7.97. The van der Waals surface area contributed by atoms with E-state index in [0.29, 0.717) is 17.9 Å². The summed E-state index contributed by atoms with van der Waals surface area (Å²) in [5, 5.41) is 3.06. The number of carbonyl (C=O) groups excluding carboxylic acids is 2. The first-order valence-electron chi connectivity index (χ1n) is 15.4. The van der Waals surface area contributed by atoms with Gasteiger partial charge in [0, 0.05) is 19.0 Å². The Morgan fingerprint density at radius 2 is 1.43 bits per heavy atom. The number of benzene rings is 4. The minimum Gasteiger partial charge on any atom is -0.497 e. The van der Waals surface area contributed by atoms with Crippen LogP contribution in [-0.2, 0) is 32.6 Å². The highest BCUT2D eigenvalue weighted by Gasteiger charge is 2.35. The maximum absolute atomic E-state index is 14.6. The Kier molecular flexibility index (Phi) is 11.6. The molecule has 1 N–H and O–H groups in total. The minimum atomic E-state index is -4.16. The highest BCUT2D eigenvalue weighted by Crippen LogP contribution is 2.26. The second kappa shape index (κ2) is 15.6. The fourth-order valence-corrected chi connectivity index (χ4v) is 6.45. The maximum Gasteiger partial charge on any atom is 0.264 e. The zero-order valence-electron chi connectivity index (χ0n) is 27.1. The first-order valence-corrected chi connectivity index (χ1v) is 16.9. The monoisotopic (exact) mass is 641 g/mol. The highest BCUT2D eigenvalue weighted by atomic mass is 32.2. The SMILES string of the molecule is CC[C@@H](C)NC(=O)[C@@H](Cc1ccccc1)N(Cc1cccc(OC)c1)C(=O)CN(c1ccc(C)cc1)S(=O)(=O)c1ccc(C)cc1. The summed E-state index contributed by atoms with van der Waals surface area (Å²) in [5.41, 5.74) is 3.83. The second-order valence-electron chi connectivity index (χ2n) is 11.6. The first kappa shape index (κ1) is 34.2. The van der Waals surface area contributed by atoms with Crippen molar-refractivity contribution in [3.8, 4) is 5.75 Å². The summed E-state index contributed by atoms with van der Waals surface area (Å²) in [5.74, 6) is -0.214. The van der Waals surface area contributed by atoms with Gasteiger partial charge in [0.25, 0.3) is 10.0 Å². The van der Waals surface area contributed by atoms with Crippen LogP contribution in [0.25, 0.3) is 0 Å². The zero-order valence-corrected chi connectivity index (χ0v) is 28.0. The Morgan fingerprint density at radius 1 is 0.826 bits per heavy atom. The van der Waals surface area contributed by atoms with Crippen LogP contribution in [0.4, 0.5) is 5.69 Å². The molecule has 46 heavy (non-hydrogen) atoms. The summed E-state index contributed by atoms with van der Waals surface area (Å²) in [6, 6.07) is 29.3. The van der Waals surface area contributed by atoms with Crippen molar-refractivity contribution in [3.05, 3.63) is 125 Å². The Bertz CT molecular complexity index is 1710. The van der Waals surface area contributed by atoms with Gasteiger partial charge in [-0.2, -0.15) is 0 Å². The van der Waals surface area contributed by atoms with Crippen LogP contribution in [-0.4, -0.2) is 50.9 Å². The van der Waals surface area contributed by atoms with E-state index in [2.05, 4.69) is 5.32 Å². The fraction of sp³-hybridized carbons (Fsp3) is 0.297. The number of carbonyl (C=O) groups is 2. The molecular weight excluding hydrogens is 598 g/mol. The molecule has 0 spiro atoms. The summed E-state index contributed by atoms with van der Waals surface area (Å²) in [4.78, 5) is 30.1. The van der Waals surface area contributed by atoms with Crippen LogP contribution in [0.3, 0.4) is 0 Å². The molecule has 2 atom stereocenters. The van der Waals surface area contributed by atoms with Gasteiger partial charge < -0.3 is 15.0 Å². The number of ether oxygens (including phenoxy) is 1. The smallest absolute Gasteiger partial charge is 0.264 e. The van der Waals surface area contributed by atoms with E-state index >= 15 is 0 Å². The van der Waals surface area contributed by atoms with Crippen molar-refractivity contribution in [1.29, 1.82) is 0 Å². The predicted molar refractivity (Wildman–Crippen MR) is 182 cm³/mol. The number of aryl methyl sites for hydroxylation is 2. The number of amides is 2. The standard InChI is InChI=1S/C37H43N3O5S/c1-6-29(4)38-37(42)35(24-30-11-8-7-9-12-30)39(25-31-13-10-14-33(23-31)45-5)36(41)26-40(32-19-15-27(2)16-20-32)46(43,44)34-21-17-28(3)18-22-34/h7-23,29,35H,6,24-26H2,1-5H3,(H,38,42)/t29-,35-/m1/s1. The third kappa shape index (κ3) is 8.75. The molecule has 0 bridgehead atoms. The number of hydrogen-bond acceptors (Lipinski definition) is 5. The molecule has 0 fully saturated rings. The Hall–Kier alpha value is -4.63. The largest absolute Gasteiger partial charge is 0.497 e. The summed E-state index contributed by atoms with van der Waals surface area (Å²) in [7, 11) is -2.59. The van der Waals surface area contributed by atoms with Crippen molar-refractivity contribution in [3.63, 3.8) is 0 Å². The summed E-state index contributed by atoms with van der Waals surface area (Å²) < 4.78 is 34.9. The molecule has 0 unspecified atom stereocenters. The van der Waals surface area contributed by atoms with E-state index in [1.54, 1.807) is 49.6 Å². The molecule has 8 nitrogen and oxygen atoms in total. The second-order valence-corrected chi connectivity index (χ2v) is 13.4. The molecule has 9 heteroatoms. The predicted octanol–water partition coefficient (Wildman–Crippen LogP) is 6.06. The van der Waals surface area contributed by atoms with E-state index in [9.17, 15) is 18.0 Å². The van der Waals surface area contributed by atoms with Crippen LogP contribution in [0.5, 0.6) is 5.75 Å². The minimum absolute atomic E-state index is 0.0633. The average Bonchev–Trinajstić information content (AvgIpc) is 3.06. The molecule has 4 aromatic carbocycles. The number of nitrogens with zero attached hydrogens (tertiary/aromatic N) is 2. The van der Waals surface area contributed by atoms with Crippen molar-refractivity contribution in [2.24, 2.45) is 0 Å². The number of sulfonamides is 1. The van der Waals surface area contributed by atoms with Gasteiger partial charge in [-0.15, -0.1) is 0 Å². The van der Waals surface area contributed by atoms with Crippen LogP contribution in [0.1, 0.15) is 42.5 Å². The molecule has 0 aliphatic heterocycles. The van der Waals surface area contributed by atoms with Gasteiger partial charge in [-0.1, -0.05) is 84.8 Å². The van der Waals surface area contributed by atoms with Crippen molar-refractivity contribution in [2.75, 3.05) is 18.0 Å². The summed E-state index contributed by atoms with van der Waals surface area (Å²) in [6.45, 7) is 7.24. The number of methoxy groups -OCH3 is 1. The van der Waals surface area contributed by atoms with Crippen LogP contribution in [0, 0.1) is 13.8 Å². The quantitative estimate of drug-likeness (QED) is 0.181. The van der Waals surface area contributed by atoms with E-state index < -0.39 is 28.5 Å². The van der Waals surface area contributed by atoms with E-state index in [-0.39, 0.29) is 29.8 Å². The normalized spacial score (nSPS) is 12.5. The average molecular weight is 642 g/mol. The molecular formula is C37H43N3O5S. The van der Waals surface area contributed by atoms with Gasteiger partial charge in [0.05, 0.1) is 17.7 Å². The number of nitrogens with one attached hydrogen (secondary N) is 1. The third-order valence-corrected chi connectivity index (χ3v) is 9.76. The van der Waals surface area contributed by atoms with E-state index in [0.717, 1.165) is 26.6 Å². The van der Waals surface area contributed by atoms with Gasteiger partial charge in [0.1, 0.15) is 18.3 Å². The molecule has 0 aromatic heterocycles. The number of rotatable bonds is 14. The number of anilines is 1. The van der Waals surface area contributed by atoms with Gasteiger partial charge in [0.2, 0.25) is 11.8 Å². The van der Waals surface area contributed by atoms with Crippen molar-refractivity contribution in [1.82, 2.24) is 10.2 Å². The summed E-state index contributed by atoms with van der Waals surface area (Å²) >= 11 is 0. The molecule has 0 radical (unpaired) electrons. The van der Waals surface area contributed by atoms with Crippen molar-refractivity contribution in [2.45, 2.75) is 64.1 Å². The molecule has 0 aliphatic carbocycles. The molecule has 242 valence electrons. The topological polar surface area (TPSA) is 96.0 Å². The van der Waals surface area contributed by atoms with Gasteiger partial charge >= 0.3 is 0 Å². The number of hydrogen-bond donors (Lipinski definition) is 1. The molecule has 0 saturated carbocycles. The lowest BCUT2D eigenvalue weighted by Crippen LogP contribution is -2.54. The van der Waals surface area contributed by atoms with Crippen molar-refractivity contribution >= 4 is 27.5 Å². The molecule has 4 aromatic rings. The molecule has 0 heterocycles. The summed E-state index contributed by atoms with van der Waals surface area (Å²) in [6.07, 6.45) is 0.956. The van der Waals surface area contributed by atoms with E-state index in [4.69, 9.17) is 4.74 Å². The molecule has 0 aliphatic rings. The van der Waals surface area contributed by atoms with Gasteiger partial charge in [0.15, 0.2) is 0 Å². The molecule has 0 saturated heterocycles. The maximum atomic E-state index is 14.6. The van der Waals surface area contributed by atoms with Crippen LogP contribution in [0.15, 0.2) is 108 Å². The Morgan fingerprint density at radius 3 is 2.04 bits per heavy atom. The Labute approximate surface area is 273 Å².